The van der Waals surface area contributed by atoms with Crippen LogP contribution >= 0.6 is 0 Å². The fraction of sp³-hybridized carbons (Fsp3) is 0.391. The Labute approximate surface area is 164 Å². The molecule has 0 aromatic heterocycles. The van der Waals surface area contributed by atoms with E-state index in [0.29, 0.717) is 36.9 Å². The number of ether oxygens (including phenoxy) is 2. The molecule has 0 saturated carbocycles. The van der Waals surface area contributed by atoms with Crippen LogP contribution in [0.15, 0.2) is 36.9 Å². The maximum atomic E-state index is 14.7. The predicted molar refractivity (Wildman–Crippen MR) is 104 cm³/mol. The summed E-state index contributed by atoms with van der Waals surface area (Å²) < 4.78 is 54.3. The number of rotatable bonds is 7. The molecule has 3 rings (SSSR count). The Balaban J connectivity index is 1.72. The van der Waals surface area contributed by atoms with Gasteiger partial charge in [0.2, 0.25) is 0 Å². The second-order valence-electron chi connectivity index (χ2n) is 7.02. The quantitative estimate of drug-likeness (QED) is 0.516. The lowest BCUT2D eigenvalue weighted by Crippen LogP contribution is -2.22. The first-order valence-corrected chi connectivity index (χ1v) is 9.64. The minimum absolute atomic E-state index is 0.0223. The molecule has 2 atom stereocenters. The Hall–Kier alpha value is -2.11. The molecule has 2 aromatic carbocycles. The zero-order valence-corrected chi connectivity index (χ0v) is 16.0. The molecule has 150 valence electrons. The first-order chi connectivity index (χ1) is 13.5. The van der Waals surface area contributed by atoms with E-state index in [1.165, 1.54) is 24.3 Å². The van der Waals surface area contributed by atoms with Gasteiger partial charge in [-0.25, -0.2) is 13.2 Å². The summed E-state index contributed by atoms with van der Waals surface area (Å²) in [7, 11) is 0. The van der Waals surface area contributed by atoms with Crippen molar-refractivity contribution in [3.05, 3.63) is 65.5 Å². The molecule has 0 radical (unpaired) electrons. The highest BCUT2D eigenvalue weighted by Crippen LogP contribution is 2.35. The van der Waals surface area contributed by atoms with Gasteiger partial charge < -0.3 is 9.47 Å². The molecule has 1 aliphatic heterocycles. The van der Waals surface area contributed by atoms with Crippen molar-refractivity contribution in [1.29, 1.82) is 0 Å². The Bertz CT molecular complexity index is 827. The number of hydrogen-bond acceptors (Lipinski definition) is 2. The van der Waals surface area contributed by atoms with E-state index < -0.39 is 17.5 Å². The van der Waals surface area contributed by atoms with E-state index in [2.05, 4.69) is 6.58 Å². The maximum Gasteiger partial charge on any atom is 0.167 e. The number of hydrogen-bond donors (Lipinski definition) is 0. The lowest BCUT2D eigenvalue weighted by molar-refractivity contribution is -0.0275. The molecule has 0 aliphatic carbocycles. The summed E-state index contributed by atoms with van der Waals surface area (Å²) in [5.41, 5.74) is 0.844. The zero-order chi connectivity index (χ0) is 20.1. The monoisotopic (exact) mass is 390 g/mol. The summed E-state index contributed by atoms with van der Waals surface area (Å²) in [6.07, 6.45) is 3.54. The Morgan fingerprint density at radius 2 is 1.96 bits per heavy atom. The molecule has 2 aromatic rings. The number of benzene rings is 2. The normalized spacial score (nSPS) is 19.6. The van der Waals surface area contributed by atoms with Crippen LogP contribution in [0.3, 0.4) is 0 Å². The summed E-state index contributed by atoms with van der Waals surface area (Å²) in [6.45, 7) is 7.40. The Morgan fingerprint density at radius 3 is 2.61 bits per heavy atom. The van der Waals surface area contributed by atoms with Crippen molar-refractivity contribution in [2.24, 2.45) is 5.92 Å². The van der Waals surface area contributed by atoms with Gasteiger partial charge in [-0.2, -0.15) is 0 Å². The predicted octanol–water partition coefficient (Wildman–Crippen LogP) is 6.31. The minimum Gasteiger partial charge on any atom is -0.382 e. The van der Waals surface area contributed by atoms with Crippen LogP contribution in [0, 0.1) is 23.4 Å². The molecule has 2 unspecified atom stereocenters. The van der Waals surface area contributed by atoms with Gasteiger partial charge in [-0.15, -0.1) is 0 Å². The molecule has 28 heavy (non-hydrogen) atoms. The molecule has 0 amide bonds. The number of halogens is 3. The summed E-state index contributed by atoms with van der Waals surface area (Å²) in [4.78, 5) is 0. The van der Waals surface area contributed by atoms with E-state index in [9.17, 15) is 13.2 Å². The summed E-state index contributed by atoms with van der Waals surface area (Å²) in [5, 5.41) is 0. The summed E-state index contributed by atoms with van der Waals surface area (Å²) >= 11 is 0. The van der Waals surface area contributed by atoms with Crippen molar-refractivity contribution < 1.29 is 22.6 Å². The zero-order valence-electron chi connectivity index (χ0n) is 16.0. The molecule has 1 saturated heterocycles. The standard InChI is InChI=1S/C23H25F3O2/c1-3-16-6-8-18(23(26)22(16)25)17-7-9-19(20(24)13-17)21-10-5-15(14-28-21)11-12-27-4-2/h3,6-9,13,15,21H,1,4-5,10-12,14H2,2H3. The van der Waals surface area contributed by atoms with Crippen molar-refractivity contribution in [3.63, 3.8) is 0 Å². The van der Waals surface area contributed by atoms with Crippen molar-refractivity contribution in [1.82, 2.24) is 0 Å². The first-order valence-electron chi connectivity index (χ1n) is 9.64. The lowest BCUT2D eigenvalue weighted by atomic mass is 9.91. The highest BCUT2D eigenvalue weighted by molar-refractivity contribution is 5.67. The minimum atomic E-state index is -1.00. The van der Waals surface area contributed by atoms with Crippen molar-refractivity contribution >= 4 is 6.08 Å². The van der Waals surface area contributed by atoms with E-state index in [0.717, 1.165) is 19.3 Å². The topological polar surface area (TPSA) is 18.5 Å². The third-order valence-electron chi connectivity index (χ3n) is 5.24. The Morgan fingerprint density at radius 1 is 1.14 bits per heavy atom. The van der Waals surface area contributed by atoms with Gasteiger partial charge in [0, 0.05) is 29.9 Å². The van der Waals surface area contributed by atoms with E-state index in [1.54, 1.807) is 12.1 Å². The molecule has 1 aliphatic rings. The molecule has 0 spiro atoms. The summed E-state index contributed by atoms with van der Waals surface area (Å²) in [6, 6.07) is 7.32. The molecular weight excluding hydrogens is 365 g/mol. The first kappa shape index (κ1) is 20.6. The summed E-state index contributed by atoms with van der Waals surface area (Å²) in [5.74, 6) is -2.03. The molecule has 0 bridgehead atoms. The van der Waals surface area contributed by atoms with Crippen LogP contribution in [0.1, 0.15) is 43.4 Å². The molecule has 1 heterocycles. The molecule has 2 nitrogen and oxygen atoms in total. The van der Waals surface area contributed by atoms with Crippen LogP contribution in [0.2, 0.25) is 0 Å². The van der Waals surface area contributed by atoms with Gasteiger partial charge in [-0.05, 0) is 43.7 Å². The molecule has 1 fully saturated rings. The third kappa shape index (κ3) is 4.47. The van der Waals surface area contributed by atoms with E-state index in [4.69, 9.17) is 9.47 Å². The van der Waals surface area contributed by atoms with E-state index >= 15 is 0 Å². The van der Waals surface area contributed by atoms with Crippen molar-refractivity contribution in [3.8, 4) is 11.1 Å². The van der Waals surface area contributed by atoms with Crippen LogP contribution in [-0.2, 0) is 9.47 Å². The average Bonchev–Trinajstić information content (AvgIpc) is 2.71. The maximum absolute atomic E-state index is 14.7. The second-order valence-corrected chi connectivity index (χ2v) is 7.02. The molecular formula is C23H25F3O2. The van der Waals surface area contributed by atoms with E-state index in [1.807, 2.05) is 6.92 Å². The van der Waals surface area contributed by atoms with Gasteiger partial charge in [0.25, 0.3) is 0 Å². The van der Waals surface area contributed by atoms with Gasteiger partial charge in [-0.3, -0.25) is 0 Å². The van der Waals surface area contributed by atoms with Gasteiger partial charge in [0.05, 0.1) is 12.7 Å². The second kappa shape index (κ2) is 9.39. The van der Waals surface area contributed by atoms with Crippen LogP contribution in [0.5, 0.6) is 0 Å². The highest BCUT2D eigenvalue weighted by Gasteiger charge is 2.25. The van der Waals surface area contributed by atoms with Gasteiger partial charge in [0.15, 0.2) is 11.6 Å². The van der Waals surface area contributed by atoms with Gasteiger partial charge in [0.1, 0.15) is 5.82 Å². The van der Waals surface area contributed by atoms with Crippen LogP contribution in [0.4, 0.5) is 13.2 Å². The van der Waals surface area contributed by atoms with Crippen LogP contribution in [0.25, 0.3) is 17.2 Å². The SMILES string of the molecule is C=Cc1ccc(-c2ccc(C3CCC(CCOCC)CO3)c(F)c2)c(F)c1F. The third-order valence-corrected chi connectivity index (χ3v) is 5.24. The van der Waals surface area contributed by atoms with Crippen LogP contribution in [-0.4, -0.2) is 19.8 Å². The van der Waals surface area contributed by atoms with Crippen LogP contribution < -0.4 is 0 Å². The van der Waals surface area contributed by atoms with Gasteiger partial charge >= 0.3 is 0 Å². The highest BCUT2D eigenvalue weighted by atomic mass is 19.2. The lowest BCUT2D eigenvalue weighted by Gasteiger charge is -2.29. The smallest absolute Gasteiger partial charge is 0.167 e. The van der Waals surface area contributed by atoms with Gasteiger partial charge in [-0.1, -0.05) is 36.9 Å². The molecule has 5 heteroatoms. The fourth-order valence-corrected chi connectivity index (χ4v) is 3.57. The average molecular weight is 390 g/mol. The Kier molecular flexibility index (Phi) is 6.92. The molecule has 0 N–H and O–H groups in total. The fourth-order valence-electron chi connectivity index (χ4n) is 3.57. The van der Waals surface area contributed by atoms with Crippen molar-refractivity contribution in [2.45, 2.75) is 32.3 Å². The van der Waals surface area contributed by atoms with E-state index in [-0.39, 0.29) is 17.2 Å². The largest absolute Gasteiger partial charge is 0.382 e. The van der Waals surface area contributed by atoms with Crippen molar-refractivity contribution in [2.75, 3.05) is 19.8 Å².